The van der Waals surface area contributed by atoms with Crippen LogP contribution in [0.25, 0.3) is 0 Å². The fraction of sp³-hybridized carbons (Fsp3) is 0.143. The van der Waals surface area contributed by atoms with Crippen LogP contribution in [-0.4, -0.2) is 5.78 Å². The number of aryl methyl sites for hydroxylation is 1. The Morgan fingerprint density at radius 1 is 1.00 bits per heavy atom. The minimum Gasteiger partial charge on any atom is -0.294 e. The molecule has 2 aromatic carbocycles. The summed E-state index contributed by atoms with van der Waals surface area (Å²) in [5.74, 6) is 0.219. The van der Waals surface area contributed by atoms with Gasteiger partial charge in [0.2, 0.25) is 0 Å². The van der Waals surface area contributed by atoms with Crippen LogP contribution in [0, 0.1) is 0 Å². The van der Waals surface area contributed by atoms with Gasteiger partial charge in [-0.1, -0.05) is 36.8 Å². The molecular formula is C14H13MnO-. The second kappa shape index (κ2) is 6.37. The summed E-state index contributed by atoms with van der Waals surface area (Å²) in [6, 6.07) is 17.6. The number of hydrogen-bond donors (Lipinski definition) is 0. The summed E-state index contributed by atoms with van der Waals surface area (Å²) in [5.41, 5.74) is 2.04. The Balaban J connectivity index is 0.00000128. The van der Waals surface area contributed by atoms with Gasteiger partial charge in [0.25, 0.3) is 0 Å². The summed E-state index contributed by atoms with van der Waals surface area (Å²) < 4.78 is 0. The van der Waals surface area contributed by atoms with Gasteiger partial charge < -0.3 is 0 Å². The molecule has 0 atom stereocenters. The fourth-order valence-corrected chi connectivity index (χ4v) is 1.61. The number of carbonyl (C=O) groups excluding carboxylic acids is 1. The predicted molar refractivity (Wildman–Crippen MR) is 61.1 cm³/mol. The summed E-state index contributed by atoms with van der Waals surface area (Å²) in [5, 5.41) is 0. The van der Waals surface area contributed by atoms with Crippen LogP contribution < -0.4 is 0 Å². The molecule has 0 fully saturated rings. The summed E-state index contributed by atoms with van der Waals surface area (Å²) in [7, 11) is 0. The van der Waals surface area contributed by atoms with Crippen LogP contribution in [0.5, 0.6) is 0 Å². The minimum absolute atomic E-state index is 0. The molecule has 0 aliphatic heterocycles. The summed E-state index contributed by atoms with van der Waals surface area (Å²) in [6.07, 6.45) is 1.43. The van der Waals surface area contributed by atoms with Crippen LogP contribution in [0.3, 0.4) is 0 Å². The molecule has 0 heterocycles. The number of hydrogen-bond acceptors (Lipinski definition) is 1. The van der Waals surface area contributed by atoms with E-state index in [0.29, 0.717) is 6.42 Å². The first-order chi connectivity index (χ1) is 7.36. The second-order valence-corrected chi connectivity index (χ2v) is 3.58. The molecular weight excluding hydrogens is 239 g/mol. The molecule has 1 nitrogen and oxygen atoms in total. The Bertz CT molecular complexity index is 417. The third-order valence-corrected chi connectivity index (χ3v) is 2.47. The van der Waals surface area contributed by atoms with E-state index in [1.165, 1.54) is 5.56 Å². The Kier molecular flexibility index (Phi) is 5.10. The van der Waals surface area contributed by atoms with E-state index in [9.17, 15) is 4.79 Å². The number of Topliss-reactive ketones (excluding diaryl/α,β-unsaturated/α-hetero) is 1. The van der Waals surface area contributed by atoms with Crippen LogP contribution in [0.1, 0.15) is 22.3 Å². The Morgan fingerprint density at radius 2 is 1.62 bits per heavy atom. The predicted octanol–water partition coefficient (Wildman–Crippen LogP) is 3.22. The van der Waals surface area contributed by atoms with E-state index in [0.717, 1.165) is 12.0 Å². The molecule has 83 valence electrons. The van der Waals surface area contributed by atoms with E-state index < -0.39 is 0 Å². The molecule has 0 N–H and O–H groups in total. The number of carbonyl (C=O) groups is 1. The van der Waals surface area contributed by atoms with Crippen molar-refractivity contribution in [2.75, 3.05) is 0 Å². The van der Waals surface area contributed by atoms with Crippen LogP contribution in [0.15, 0.2) is 54.6 Å². The van der Waals surface area contributed by atoms with Crippen molar-refractivity contribution < 1.29 is 21.9 Å². The maximum atomic E-state index is 11.7. The van der Waals surface area contributed by atoms with Crippen molar-refractivity contribution in [3.8, 4) is 0 Å². The van der Waals surface area contributed by atoms with Gasteiger partial charge in [0, 0.05) is 29.1 Å². The summed E-state index contributed by atoms with van der Waals surface area (Å²) in [4.78, 5) is 11.7. The summed E-state index contributed by atoms with van der Waals surface area (Å²) in [6.45, 7) is 0. The van der Waals surface area contributed by atoms with Crippen molar-refractivity contribution in [1.82, 2.24) is 0 Å². The number of ketones is 1. The molecule has 1 radical (unpaired) electrons. The number of benzene rings is 1. The standard InChI is InChI=1S/C14H13O.Mn/c15-14(13-8-2-1-3-9-13)11-10-12-6-4-5-7-12;/h1-9H,10-11H2;/q-1;. The van der Waals surface area contributed by atoms with Gasteiger partial charge in [-0.2, -0.15) is 17.7 Å². The van der Waals surface area contributed by atoms with Gasteiger partial charge in [-0.05, 0) is 0 Å². The van der Waals surface area contributed by atoms with Crippen molar-refractivity contribution >= 4 is 5.78 Å². The zero-order chi connectivity index (χ0) is 10.5. The van der Waals surface area contributed by atoms with E-state index in [2.05, 4.69) is 12.1 Å². The first-order valence-corrected chi connectivity index (χ1v) is 5.15. The van der Waals surface area contributed by atoms with Crippen molar-refractivity contribution in [1.29, 1.82) is 0 Å². The molecule has 0 unspecified atom stereocenters. The van der Waals surface area contributed by atoms with Crippen LogP contribution >= 0.6 is 0 Å². The monoisotopic (exact) mass is 252 g/mol. The average molecular weight is 252 g/mol. The molecule has 0 bridgehead atoms. The van der Waals surface area contributed by atoms with Gasteiger partial charge in [0.15, 0.2) is 5.78 Å². The zero-order valence-electron chi connectivity index (χ0n) is 8.90. The topological polar surface area (TPSA) is 17.1 Å². The third-order valence-electron chi connectivity index (χ3n) is 2.47. The van der Waals surface area contributed by atoms with Crippen molar-refractivity contribution in [2.24, 2.45) is 0 Å². The minimum atomic E-state index is 0. The fourth-order valence-electron chi connectivity index (χ4n) is 1.61. The first kappa shape index (κ1) is 12.8. The molecule has 16 heavy (non-hydrogen) atoms. The van der Waals surface area contributed by atoms with E-state index in [1.54, 1.807) is 0 Å². The molecule has 0 spiro atoms. The van der Waals surface area contributed by atoms with Gasteiger partial charge in [-0.15, -0.1) is 0 Å². The summed E-state index contributed by atoms with van der Waals surface area (Å²) >= 11 is 0. The molecule has 0 saturated carbocycles. The van der Waals surface area contributed by atoms with Crippen molar-refractivity contribution in [3.63, 3.8) is 0 Å². The molecule has 2 aromatic rings. The maximum absolute atomic E-state index is 11.7. The third kappa shape index (κ3) is 3.41. The number of rotatable bonds is 4. The van der Waals surface area contributed by atoms with Gasteiger partial charge in [0.1, 0.15) is 0 Å². The van der Waals surface area contributed by atoms with Crippen molar-refractivity contribution in [3.05, 3.63) is 65.7 Å². The van der Waals surface area contributed by atoms with Gasteiger partial charge in [-0.25, -0.2) is 12.1 Å². The molecule has 0 saturated heterocycles. The Hall–Kier alpha value is -1.24. The van der Waals surface area contributed by atoms with E-state index in [-0.39, 0.29) is 22.9 Å². The Morgan fingerprint density at radius 3 is 2.25 bits per heavy atom. The smallest absolute Gasteiger partial charge is 0.162 e. The molecule has 0 aliphatic rings. The maximum Gasteiger partial charge on any atom is 0.162 e. The molecule has 2 rings (SSSR count). The Labute approximate surface area is 106 Å². The normalized spacial score (nSPS) is 9.50. The molecule has 0 aliphatic carbocycles. The van der Waals surface area contributed by atoms with Gasteiger partial charge >= 0.3 is 0 Å². The first-order valence-electron chi connectivity index (χ1n) is 5.15. The van der Waals surface area contributed by atoms with Crippen LogP contribution in [0.4, 0.5) is 0 Å². The van der Waals surface area contributed by atoms with E-state index in [1.807, 2.05) is 42.5 Å². The van der Waals surface area contributed by atoms with Gasteiger partial charge in [0.05, 0.1) is 0 Å². The quantitative estimate of drug-likeness (QED) is 0.464. The largest absolute Gasteiger partial charge is 0.294 e. The van der Waals surface area contributed by atoms with Crippen molar-refractivity contribution in [2.45, 2.75) is 12.8 Å². The average Bonchev–Trinajstić information content (AvgIpc) is 2.80. The SMILES string of the molecule is O=C(CC[c-]1cccc1)c1ccccc1.[Mn]. The molecule has 2 heteroatoms. The molecule has 0 amide bonds. The van der Waals surface area contributed by atoms with E-state index >= 15 is 0 Å². The van der Waals surface area contributed by atoms with Crippen LogP contribution in [0.2, 0.25) is 0 Å². The second-order valence-electron chi connectivity index (χ2n) is 3.58. The van der Waals surface area contributed by atoms with E-state index in [4.69, 9.17) is 0 Å². The zero-order valence-corrected chi connectivity index (χ0v) is 10.1. The van der Waals surface area contributed by atoms with Crippen LogP contribution in [-0.2, 0) is 23.5 Å². The van der Waals surface area contributed by atoms with Gasteiger partial charge in [-0.3, -0.25) is 4.79 Å². The molecule has 0 aromatic heterocycles.